The first-order valence-electron chi connectivity index (χ1n) is 8.74. The highest BCUT2D eigenvalue weighted by Gasteiger charge is 2.25. The van der Waals surface area contributed by atoms with Crippen molar-refractivity contribution in [1.82, 2.24) is 0 Å². The van der Waals surface area contributed by atoms with Gasteiger partial charge in [0.25, 0.3) is 0 Å². The molecule has 0 radical (unpaired) electrons. The molecular formula is C19H32N2. The molecule has 0 amide bonds. The molecule has 1 aromatic rings. The fourth-order valence-electron chi connectivity index (χ4n) is 3.40. The monoisotopic (exact) mass is 288 g/mol. The fraction of sp³-hybridized carbons (Fsp3) is 0.684. The first-order chi connectivity index (χ1) is 10.1. The third kappa shape index (κ3) is 4.23. The Hall–Kier alpha value is -1.02. The molecular weight excluding hydrogens is 256 g/mol. The highest BCUT2D eigenvalue weighted by Crippen LogP contribution is 2.33. The van der Waals surface area contributed by atoms with Crippen molar-refractivity contribution in [3.8, 4) is 0 Å². The summed E-state index contributed by atoms with van der Waals surface area (Å²) in [5.41, 5.74) is 9.08. The van der Waals surface area contributed by atoms with Crippen molar-refractivity contribution in [2.45, 2.75) is 71.4 Å². The van der Waals surface area contributed by atoms with E-state index in [0.717, 1.165) is 18.9 Å². The van der Waals surface area contributed by atoms with Crippen LogP contribution in [-0.2, 0) is 0 Å². The molecule has 0 aromatic heterocycles. The summed E-state index contributed by atoms with van der Waals surface area (Å²) in [5.74, 6) is 0.751. The Kier molecular flexibility index (Phi) is 6.10. The van der Waals surface area contributed by atoms with Crippen molar-refractivity contribution in [3.05, 3.63) is 29.8 Å². The van der Waals surface area contributed by atoms with E-state index in [1.54, 1.807) is 0 Å². The number of hydrogen-bond acceptors (Lipinski definition) is 2. The van der Waals surface area contributed by atoms with Gasteiger partial charge in [0.05, 0.1) is 0 Å². The van der Waals surface area contributed by atoms with Crippen LogP contribution in [0.1, 0.15) is 70.9 Å². The second-order valence-electron chi connectivity index (χ2n) is 6.89. The lowest BCUT2D eigenvalue weighted by molar-refractivity contribution is 0.525. The Morgan fingerprint density at radius 3 is 2.48 bits per heavy atom. The largest absolute Gasteiger partial charge is 0.368 e. The van der Waals surface area contributed by atoms with Crippen molar-refractivity contribution >= 4 is 5.69 Å². The maximum Gasteiger partial charge on any atom is 0.0417 e. The summed E-state index contributed by atoms with van der Waals surface area (Å²) < 4.78 is 0. The van der Waals surface area contributed by atoms with Crippen molar-refractivity contribution in [3.63, 3.8) is 0 Å². The number of para-hydroxylation sites is 1. The van der Waals surface area contributed by atoms with Crippen LogP contribution in [-0.4, -0.2) is 12.6 Å². The second kappa shape index (κ2) is 7.84. The Bertz CT molecular complexity index is 421. The first-order valence-corrected chi connectivity index (χ1v) is 8.74. The zero-order chi connectivity index (χ0) is 15.2. The van der Waals surface area contributed by atoms with E-state index >= 15 is 0 Å². The van der Waals surface area contributed by atoms with E-state index in [1.165, 1.54) is 43.4 Å². The molecule has 1 aliphatic rings. The molecule has 118 valence electrons. The van der Waals surface area contributed by atoms with E-state index in [2.05, 4.69) is 49.9 Å². The van der Waals surface area contributed by atoms with Gasteiger partial charge in [0, 0.05) is 24.3 Å². The van der Waals surface area contributed by atoms with Crippen LogP contribution in [0.4, 0.5) is 5.69 Å². The average molecular weight is 288 g/mol. The molecule has 1 aromatic carbocycles. The minimum absolute atomic E-state index is 0.157. The third-order valence-electron chi connectivity index (χ3n) is 4.80. The minimum atomic E-state index is 0.157. The van der Waals surface area contributed by atoms with Crippen molar-refractivity contribution in [2.75, 3.05) is 11.4 Å². The van der Waals surface area contributed by atoms with Gasteiger partial charge < -0.3 is 10.6 Å². The van der Waals surface area contributed by atoms with Crippen LogP contribution < -0.4 is 10.6 Å². The van der Waals surface area contributed by atoms with Gasteiger partial charge in [-0.05, 0) is 43.2 Å². The summed E-state index contributed by atoms with van der Waals surface area (Å²) in [4.78, 5) is 2.66. The molecule has 2 N–H and O–H groups in total. The molecule has 0 saturated heterocycles. The Morgan fingerprint density at radius 1 is 1.19 bits per heavy atom. The summed E-state index contributed by atoms with van der Waals surface area (Å²) in [6, 6.07) is 9.67. The number of nitrogens with two attached hydrogens (primary N) is 1. The third-order valence-corrected chi connectivity index (χ3v) is 4.80. The smallest absolute Gasteiger partial charge is 0.0417 e. The van der Waals surface area contributed by atoms with Gasteiger partial charge in [0.15, 0.2) is 0 Å². The highest BCUT2D eigenvalue weighted by molar-refractivity contribution is 5.56. The second-order valence-corrected chi connectivity index (χ2v) is 6.89. The van der Waals surface area contributed by atoms with E-state index in [9.17, 15) is 0 Å². The van der Waals surface area contributed by atoms with Gasteiger partial charge in [-0.25, -0.2) is 0 Å². The Balaban J connectivity index is 2.26. The molecule has 21 heavy (non-hydrogen) atoms. The van der Waals surface area contributed by atoms with Gasteiger partial charge in [0.1, 0.15) is 0 Å². The van der Waals surface area contributed by atoms with Crippen LogP contribution in [0.3, 0.4) is 0 Å². The fourth-order valence-corrected chi connectivity index (χ4v) is 3.40. The van der Waals surface area contributed by atoms with E-state index in [-0.39, 0.29) is 6.04 Å². The lowest BCUT2D eigenvalue weighted by Gasteiger charge is -2.34. The molecule has 0 spiro atoms. The number of benzene rings is 1. The van der Waals surface area contributed by atoms with Gasteiger partial charge in [-0.2, -0.15) is 0 Å². The standard InChI is InChI=1S/C19H32N2/c1-4-18(20)17-11-7-8-12-19(17)21(14-13-15(2)3)16-9-5-6-10-16/h7-8,11-12,15-16,18H,4-6,9-10,13-14,20H2,1-3H3/t18-/m1/s1. The van der Waals surface area contributed by atoms with Gasteiger partial charge in [0.2, 0.25) is 0 Å². The van der Waals surface area contributed by atoms with Crippen molar-refractivity contribution in [2.24, 2.45) is 11.7 Å². The van der Waals surface area contributed by atoms with Gasteiger partial charge >= 0.3 is 0 Å². The lowest BCUT2D eigenvalue weighted by Crippen LogP contribution is -2.36. The molecule has 0 heterocycles. The van der Waals surface area contributed by atoms with Crippen LogP contribution in [0.25, 0.3) is 0 Å². The van der Waals surface area contributed by atoms with Crippen LogP contribution in [0.5, 0.6) is 0 Å². The van der Waals surface area contributed by atoms with Crippen LogP contribution >= 0.6 is 0 Å². The predicted molar refractivity (Wildman–Crippen MR) is 92.7 cm³/mol. The van der Waals surface area contributed by atoms with Gasteiger partial charge in [-0.1, -0.05) is 51.8 Å². The molecule has 1 saturated carbocycles. The summed E-state index contributed by atoms with van der Waals surface area (Å²) in [7, 11) is 0. The molecule has 0 unspecified atom stereocenters. The van der Waals surface area contributed by atoms with Crippen molar-refractivity contribution < 1.29 is 0 Å². The van der Waals surface area contributed by atoms with Crippen LogP contribution in [0, 0.1) is 5.92 Å². The maximum atomic E-state index is 6.36. The Morgan fingerprint density at radius 2 is 1.86 bits per heavy atom. The predicted octanol–water partition coefficient (Wildman–Crippen LogP) is 4.89. The molecule has 1 fully saturated rings. The molecule has 2 heteroatoms. The van der Waals surface area contributed by atoms with E-state index in [4.69, 9.17) is 5.73 Å². The topological polar surface area (TPSA) is 29.3 Å². The quantitative estimate of drug-likeness (QED) is 0.774. The number of anilines is 1. The SMILES string of the molecule is CC[C@@H](N)c1ccccc1N(CCC(C)C)C1CCCC1. The normalized spacial score (nSPS) is 17.4. The zero-order valence-corrected chi connectivity index (χ0v) is 14.0. The van der Waals surface area contributed by atoms with Crippen molar-refractivity contribution in [1.29, 1.82) is 0 Å². The lowest BCUT2D eigenvalue weighted by atomic mass is 10.00. The molecule has 0 bridgehead atoms. The van der Waals surface area contributed by atoms with Crippen LogP contribution in [0.15, 0.2) is 24.3 Å². The molecule has 0 aliphatic heterocycles. The minimum Gasteiger partial charge on any atom is -0.368 e. The van der Waals surface area contributed by atoms with E-state index in [0.29, 0.717) is 6.04 Å². The molecule has 1 aliphatic carbocycles. The zero-order valence-electron chi connectivity index (χ0n) is 14.0. The van der Waals surface area contributed by atoms with Crippen LogP contribution in [0.2, 0.25) is 0 Å². The highest BCUT2D eigenvalue weighted by atomic mass is 15.2. The first kappa shape index (κ1) is 16.4. The van der Waals surface area contributed by atoms with E-state index in [1.807, 2.05) is 0 Å². The summed E-state index contributed by atoms with van der Waals surface area (Å²) >= 11 is 0. The Labute approximate surface area is 130 Å². The van der Waals surface area contributed by atoms with Gasteiger partial charge in [-0.3, -0.25) is 0 Å². The summed E-state index contributed by atoms with van der Waals surface area (Å²) in [6.45, 7) is 7.97. The molecule has 2 nitrogen and oxygen atoms in total. The van der Waals surface area contributed by atoms with Gasteiger partial charge in [-0.15, -0.1) is 0 Å². The summed E-state index contributed by atoms with van der Waals surface area (Å²) in [6.07, 6.45) is 7.70. The maximum absolute atomic E-state index is 6.36. The number of hydrogen-bond donors (Lipinski definition) is 1. The molecule has 1 atom stereocenters. The number of rotatable bonds is 7. The number of nitrogens with zero attached hydrogens (tertiary/aromatic N) is 1. The molecule has 2 rings (SSSR count). The summed E-state index contributed by atoms with van der Waals surface area (Å²) in [5, 5.41) is 0. The average Bonchev–Trinajstić information content (AvgIpc) is 3.01. The van der Waals surface area contributed by atoms with E-state index < -0.39 is 0 Å².